The number of nitrogens with one attached hydrogen (secondary N) is 3. The van der Waals surface area contributed by atoms with Crippen molar-refractivity contribution >= 4 is 29.1 Å². The summed E-state index contributed by atoms with van der Waals surface area (Å²) < 4.78 is 28.5. The van der Waals surface area contributed by atoms with Gasteiger partial charge in [0.25, 0.3) is 5.56 Å². The monoisotopic (exact) mass is 745 g/mol. The molecule has 3 aliphatic rings. The van der Waals surface area contributed by atoms with Crippen molar-refractivity contribution in [3.63, 3.8) is 0 Å². The zero-order valence-electron chi connectivity index (χ0n) is 31.8. The first-order chi connectivity index (χ1) is 25.9. The number of carbonyl (C=O) groups excluding carboxylic acids is 3. The molecule has 5 N–H and O–H groups in total. The highest BCUT2D eigenvalue weighted by Crippen LogP contribution is 2.39. The summed E-state index contributed by atoms with van der Waals surface area (Å²) in [6, 6.07) is 8.24. The molecule has 3 unspecified atom stereocenters. The van der Waals surface area contributed by atoms with Crippen LogP contribution in [0.2, 0.25) is 0 Å². The van der Waals surface area contributed by atoms with E-state index < -0.39 is 11.9 Å². The number of carbonyl (C=O) groups is 3. The van der Waals surface area contributed by atoms with Gasteiger partial charge in [0.15, 0.2) is 0 Å². The molecule has 3 saturated heterocycles. The quantitative estimate of drug-likeness (QED) is 0.201. The van der Waals surface area contributed by atoms with Gasteiger partial charge in [-0.3, -0.25) is 29.4 Å². The number of piperidine rings is 2. The number of likely N-dealkylation sites (tertiary alicyclic amines) is 1. The molecule has 2 aromatic carbocycles. The van der Waals surface area contributed by atoms with Gasteiger partial charge in [-0.2, -0.15) is 0 Å². The number of benzene rings is 2. The molecule has 290 valence electrons. The van der Waals surface area contributed by atoms with Crippen molar-refractivity contribution in [2.24, 2.45) is 18.7 Å². The fourth-order valence-electron chi connectivity index (χ4n) is 8.01. The molecule has 3 aromatic rings. The van der Waals surface area contributed by atoms with E-state index in [1.807, 2.05) is 37.1 Å². The second-order valence-corrected chi connectivity index (χ2v) is 14.8. The number of nitrogens with two attached hydrogens (primary N) is 1. The summed E-state index contributed by atoms with van der Waals surface area (Å²) in [4.78, 5) is 53.4. The molecule has 14 heteroatoms. The average molecular weight is 746 g/mol. The van der Waals surface area contributed by atoms with Gasteiger partial charge in [0, 0.05) is 75.1 Å². The number of hydrogen-bond donors (Lipinski definition) is 4. The van der Waals surface area contributed by atoms with Crippen LogP contribution in [0.4, 0.5) is 15.8 Å². The van der Waals surface area contributed by atoms with E-state index in [1.165, 1.54) is 6.07 Å². The van der Waals surface area contributed by atoms with Gasteiger partial charge >= 0.3 is 0 Å². The lowest BCUT2D eigenvalue weighted by molar-refractivity contribution is -0.133. The van der Waals surface area contributed by atoms with Gasteiger partial charge in [0.05, 0.1) is 31.6 Å². The number of halogens is 1. The predicted octanol–water partition coefficient (Wildman–Crippen LogP) is 3.71. The van der Waals surface area contributed by atoms with Crippen LogP contribution in [-0.4, -0.2) is 79.3 Å². The Morgan fingerprint density at radius 3 is 2.33 bits per heavy atom. The van der Waals surface area contributed by atoms with Crippen LogP contribution in [0.3, 0.4) is 0 Å². The van der Waals surface area contributed by atoms with Gasteiger partial charge in [0.2, 0.25) is 17.7 Å². The maximum Gasteiger partial charge on any atom is 0.253 e. The minimum atomic E-state index is -0.581. The van der Waals surface area contributed by atoms with Crippen LogP contribution >= 0.6 is 0 Å². The number of methoxy groups -OCH3 is 2. The highest BCUT2D eigenvalue weighted by atomic mass is 19.1. The van der Waals surface area contributed by atoms with Crippen LogP contribution in [0.15, 0.2) is 41.3 Å². The number of nitrogens with zero attached hydrogens (tertiary/aromatic N) is 3. The zero-order valence-corrected chi connectivity index (χ0v) is 31.8. The summed E-state index contributed by atoms with van der Waals surface area (Å²) in [7, 11) is 5.00. The SMILES string of the molecule is COc1cc(-c2cn(C)c(=O)c(C)c2C)cc(OC)c1CN1C(N)CCC1CNC(=O)CC1CCN(c2ccc(NC3CCC(=O)NC3=O)cc2F)CC1. The van der Waals surface area contributed by atoms with E-state index in [-0.39, 0.29) is 47.7 Å². The van der Waals surface area contributed by atoms with E-state index in [0.717, 1.165) is 47.9 Å². The summed E-state index contributed by atoms with van der Waals surface area (Å²) in [5.41, 5.74) is 11.8. The summed E-state index contributed by atoms with van der Waals surface area (Å²) in [5, 5.41) is 8.49. The summed E-state index contributed by atoms with van der Waals surface area (Å²) in [6.07, 6.45) is 5.80. The second kappa shape index (κ2) is 16.6. The molecule has 3 aliphatic heterocycles. The molecule has 0 spiro atoms. The molecule has 3 fully saturated rings. The van der Waals surface area contributed by atoms with Gasteiger partial charge in [-0.05, 0) is 93.3 Å². The standard InChI is InChI=1S/C40H52FN7O6/c1-23-24(2)40(52)46(3)21-29(23)26-17-34(53-4)30(35(18-26)54-5)22-48-28(7-10-36(48)42)20-43-38(50)16-25-12-14-47(15-13-25)33-9-6-27(19-31(33)41)44-32-8-11-37(49)45-39(32)51/h6,9,17-19,21,25,28,32,36,44H,7-8,10-16,20,22,42H2,1-5H3,(H,43,50)(H,45,49,51). The number of aryl methyl sites for hydroxylation is 1. The molecule has 6 rings (SSSR count). The van der Waals surface area contributed by atoms with Gasteiger partial charge in [-0.25, -0.2) is 4.39 Å². The van der Waals surface area contributed by atoms with E-state index in [2.05, 4.69) is 20.9 Å². The number of hydrogen-bond acceptors (Lipinski definition) is 10. The third-order valence-corrected chi connectivity index (χ3v) is 11.4. The molecule has 13 nitrogen and oxygen atoms in total. The smallest absolute Gasteiger partial charge is 0.253 e. The number of ether oxygens (including phenoxy) is 2. The van der Waals surface area contributed by atoms with Crippen molar-refractivity contribution in [3.8, 4) is 22.6 Å². The van der Waals surface area contributed by atoms with Crippen LogP contribution < -0.4 is 41.6 Å². The topological polar surface area (TPSA) is 160 Å². The Balaban J connectivity index is 1.02. The fraction of sp³-hybridized carbons (Fsp3) is 0.500. The Morgan fingerprint density at radius 1 is 0.981 bits per heavy atom. The summed E-state index contributed by atoms with van der Waals surface area (Å²) >= 11 is 0. The lowest BCUT2D eigenvalue weighted by Gasteiger charge is -2.34. The molecule has 0 aliphatic carbocycles. The number of anilines is 2. The van der Waals surface area contributed by atoms with Crippen molar-refractivity contribution in [2.45, 2.75) is 83.6 Å². The first-order valence-electron chi connectivity index (χ1n) is 18.7. The highest BCUT2D eigenvalue weighted by molar-refractivity contribution is 6.01. The van der Waals surface area contributed by atoms with E-state index in [1.54, 1.807) is 38.0 Å². The van der Waals surface area contributed by atoms with Crippen LogP contribution in [0, 0.1) is 25.6 Å². The molecule has 3 atom stereocenters. The van der Waals surface area contributed by atoms with Crippen LogP contribution in [-0.2, 0) is 28.0 Å². The Labute approximate surface area is 315 Å². The Bertz CT molecular complexity index is 1930. The molecule has 1 aromatic heterocycles. The number of rotatable bonds is 12. The van der Waals surface area contributed by atoms with E-state index in [9.17, 15) is 19.2 Å². The van der Waals surface area contributed by atoms with E-state index in [0.29, 0.717) is 67.5 Å². The normalized spacial score (nSPS) is 20.9. The molecule has 54 heavy (non-hydrogen) atoms. The molecule has 0 radical (unpaired) electrons. The second-order valence-electron chi connectivity index (χ2n) is 14.8. The molecular formula is C40H52FN7O6. The number of pyridine rings is 1. The predicted molar refractivity (Wildman–Crippen MR) is 205 cm³/mol. The largest absolute Gasteiger partial charge is 0.496 e. The van der Waals surface area contributed by atoms with Crippen molar-refractivity contribution in [1.82, 2.24) is 20.1 Å². The Hall–Kier alpha value is -4.95. The van der Waals surface area contributed by atoms with E-state index >= 15 is 4.39 Å². The van der Waals surface area contributed by atoms with Crippen LogP contribution in [0.25, 0.3) is 11.1 Å². The first-order valence-corrected chi connectivity index (χ1v) is 18.7. The average Bonchev–Trinajstić information content (AvgIpc) is 3.51. The summed E-state index contributed by atoms with van der Waals surface area (Å²) in [6.45, 7) is 5.97. The van der Waals surface area contributed by atoms with Gasteiger partial charge in [-0.1, -0.05) is 0 Å². The maximum absolute atomic E-state index is 15.2. The van der Waals surface area contributed by atoms with Gasteiger partial charge in [-0.15, -0.1) is 0 Å². The Morgan fingerprint density at radius 2 is 1.69 bits per heavy atom. The van der Waals surface area contributed by atoms with Crippen molar-refractivity contribution in [2.75, 3.05) is 44.1 Å². The Kier molecular flexibility index (Phi) is 11.9. The van der Waals surface area contributed by atoms with Crippen LogP contribution in [0.1, 0.15) is 61.6 Å². The van der Waals surface area contributed by atoms with Crippen molar-refractivity contribution in [3.05, 3.63) is 69.4 Å². The van der Waals surface area contributed by atoms with Crippen molar-refractivity contribution < 1.29 is 28.2 Å². The molecule has 3 amide bonds. The number of imide groups is 1. The lowest BCUT2D eigenvalue weighted by Crippen LogP contribution is -2.47. The van der Waals surface area contributed by atoms with Gasteiger partial charge < -0.3 is 35.3 Å². The van der Waals surface area contributed by atoms with Crippen molar-refractivity contribution in [1.29, 1.82) is 0 Å². The van der Waals surface area contributed by atoms with Crippen LogP contribution in [0.5, 0.6) is 11.5 Å². The molecule has 0 bridgehead atoms. The minimum absolute atomic E-state index is 0.00799. The lowest BCUT2D eigenvalue weighted by atomic mass is 9.92. The number of aromatic nitrogens is 1. The third-order valence-electron chi connectivity index (χ3n) is 11.4. The summed E-state index contributed by atoms with van der Waals surface area (Å²) in [5.74, 6) is 0.403. The third kappa shape index (κ3) is 8.39. The minimum Gasteiger partial charge on any atom is -0.496 e. The molecule has 0 saturated carbocycles. The zero-order chi connectivity index (χ0) is 38.7. The van der Waals surface area contributed by atoms with E-state index in [4.69, 9.17) is 15.2 Å². The fourth-order valence-corrected chi connectivity index (χ4v) is 8.01. The highest BCUT2D eigenvalue weighted by Gasteiger charge is 2.34. The number of amides is 3. The maximum atomic E-state index is 15.2. The first kappa shape index (κ1) is 38.8. The molecular weight excluding hydrogens is 693 g/mol. The molecule has 4 heterocycles. The van der Waals surface area contributed by atoms with Gasteiger partial charge in [0.1, 0.15) is 23.4 Å².